The maximum absolute atomic E-state index is 11.9. The van der Waals surface area contributed by atoms with Crippen molar-refractivity contribution in [1.82, 2.24) is 10.3 Å². The van der Waals surface area contributed by atoms with Gasteiger partial charge < -0.3 is 10.1 Å². The average molecular weight is 298 g/mol. The van der Waals surface area contributed by atoms with Crippen LogP contribution in [-0.2, 0) is 16.0 Å². The number of nitrogens with one attached hydrogen (secondary N) is 1. The van der Waals surface area contributed by atoms with Crippen molar-refractivity contribution in [3.8, 4) is 0 Å². The Bertz CT molecular complexity index is 614. The first kappa shape index (κ1) is 15.7. The van der Waals surface area contributed by atoms with Crippen molar-refractivity contribution < 1.29 is 14.3 Å². The maximum atomic E-state index is 11.9. The van der Waals surface area contributed by atoms with Crippen molar-refractivity contribution in [2.45, 2.75) is 19.4 Å². The largest absolute Gasteiger partial charge is 0.448 e. The normalized spacial score (nSPS) is 11.5. The molecule has 0 saturated heterocycles. The number of ether oxygens (including phenoxy) is 1. The maximum Gasteiger partial charge on any atom is 0.357 e. The van der Waals surface area contributed by atoms with Gasteiger partial charge in [0.05, 0.1) is 0 Å². The van der Waals surface area contributed by atoms with Gasteiger partial charge in [-0.3, -0.25) is 4.79 Å². The number of nitrogens with zero attached hydrogens (tertiary/aromatic N) is 1. The minimum absolute atomic E-state index is 0.187. The summed E-state index contributed by atoms with van der Waals surface area (Å²) in [5.41, 5.74) is 1.33. The molecular formula is C17H18N2O3. The molecule has 0 bridgehead atoms. The first-order valence-corrected chi connectivity index (χ1v) is 7.10. The van der Waals surface area contributed by atoms with Crippen LogP contribution in [0.15, 0.2) is 54.7 Å². The number of benzene rings is 1. The summed E-state index contributed by atoms with van der Waals surface area (Å²) < 4.78 is 5.09. The molecule has 2 rings (SSSR count). The second-order valence-electron chi connectivity index (χ2n) is 4.79. The predicted octanol–water partition coefficient (Wildman–Crippen LogP) is 1.99. The number of hydrogen-bond donors (Lipinski definition) is 1. The van der Waals surface area contributed by atoms with Gasteiger partial charge >= 0.3 is 5.97 Å². The van der Waals surface area contributed by atoms with Gasteiger partial charge in [-0.15, -0.1) is 0 Å². The van der Waals surface area contributed by atoms with Gasteiger partial charge in [-0.1, -0.05) is 36.4 Å². The summed E-state index contributed by atoms with van der Waals surface area (Å²) in [6, 6.07) is 14.8. The number of esters is 1. The molecule has 1 aromatic carbocycles. The number of pyridine rings is 1. The van der Waals surface area contributed by atoms with E-state index in [1.54, 1.807) is 25.1 Å². The summed E-state index contributed by atoms with van der Waals surface area (Å²) in [6.45, 7) is 2.03. The molecule has 1 atom stereocenters. The van der Waals surface area contributed by atoms with Crippen molar-refractivity contribution in [3.63, 3.8) is 0 Å². The van der Waals surface area contributed by atoms with E-state index < -0.39 is 12.1 Å². The van der Waals surface area contributed by atoms with E-state index in [4.69, 9.17) is 4.74 Å². The van der Waals surface area contributed by atoms with Crippen LogP contribution >= 0.6 is 0 Å². The Kier molecular flexibility index (Phi) is 5.65. The zero-order valence-corrected chi connectivity index (χ0v) is 12.4. The first-order valence-electron chi connectivity index (χ1n) is 7.10. The molecule has 2 aromatic rings. The Balaban J connectivity index is 1.76. The van der Waals surface area contributed by atoms with Crippen LogP contribution < -0.4 is 5.32 Å². The fourth-order valence-corrected chi connectivity index (χ4v) is 1.88. The van der Waals surface area contributed by atoms with E-state index in [-0.39, 0.29) is 11.6 Å². The molecule has 1 unspecified atom stereocenters. The monoisotopic (exact) mass is 298 g/mol. The third kappa shape index (κ3) is 4.70. The van der Waals surface area contributed by atoms with Crippen molar-refractivity contribution >= 4 is 11.9 Å². The van der Waals surface area contributed by atoms with Crippen LogP contribution in [0.4, 0.5) is 0 Å². The number of carbonyl (C=O) groups excluding carboxylic acids is 2. The molecule has 0 fully saturated rings. The van der Waals surface area contributed by atoms with Crippen LogP contribution in [0.3, 0.4) is 0 Å². The van der Waals surface area contributed by atoms with Gasteiger partial charge in [0.25, 0.3) is 5.91 Å². The highest BCUT2D eigenvalue weighted by Crippen LogP contribution is 2.02. The molecule has 5 nitrogen and oxygen atoms in total. The van der Waals surface area contributed by atoms with Crippen LogP contribution in [0, 0.1) is 0 Å². The second kappa shape index (κ2) is 7.93. The molecule has 0 aliphatic carbocycles. The molecule has 0 saturated carbocycles. The minimum Gasteiger partial charge on any atom is -0.448 e. The summed E-state index contributed by atoms with van der Waals surface area (Å²) in [5, 5.41) is 2.75. The van der Waals surface area contributed by atoms with Crippen LogP contribution in [0.25, 0.3) is 0 Å². The Labute approximate surface area is 129 Å². The lowest BCUT2D eigenvalue weighted by molar-refractivity contribution is -0.129. The van der Waals surface area contributed by atoms with E-state index in [1.165, 1.54) is 6.20 Å². The SMILES string of the molecule is CC(OC(=O)c1ccccn1)C(=O)NCCc1ccccc1. The Hall–Kier alpha value is -2.69. The number of amides is 1. The predicted molar refractivity (Wildman–Crippen MR) is 82.3 cm³/mol. The summed E-state index contributed by atoms with van der Waals surface area (Å²) in [6.07, 6.45) is 1.37. The summed E-state index contributed by atoms with van der Waals surface area (Å²) in [5.74, 6) is -0.925. The summed E-state index contributed by atoms with van der Waals surface area (Å²) in [4.78, 5) is 27.6. The third-order valence-corrected chi connectivity index (χ3v) is 3.08. The van der Waals surface area contributed by atoms with E-state index in [0.29, 0.717) is 6.54 Å². The quantitative estimate of drug-likeness (QED) is 0.828. The Morgan fingerprint density at radius 1 is 1.14 bits per heavy atom. The van der Waals surface area contributed by atoms with Crippen molar-refractivity contribution in [2.75, 3.05) is 6.54 Å². The second-order valence-corrected chi connectivity index (χ2v) is 4.79. The van der Waals surface area contributed by atoms with Gasteiger partial charge in [0.15, 0.2) is 6.10 Å². The number of rotatable bonds is 6. The highest BCUT2D eigenvalue weighted by Gasteiger charge is 2.18. The molecular weight excluding hydrogens is 280 g/mol. The highest BCUT2D eigenvalue weighted by atomic mass is 16.5. The van der Waals surface area contributed by atoms with Gasteiger partial charge in [0.2, 0.25) is 0 Å². The van der Waals surface area contributed by atoms with E-state index >= 15 is 0 Å². The van der Waals surface area contributed by atoms with E-state index in [9.17, 15) is 9.59 Å². The van der Waals surface area contributed by atoms with E-state index in [1.807, 2.05) is 30.3 Å². The number of carbonyl (C=O) groups is 2. The Morgan fingerprint density at radius 3 is 2.55 bits per heavy atom. The molecule has 1 heterocycles. The zero-order valence-electron chi connectivity index (χ0n) is 12.4. The molecule has 1 amide bonds. The fourth-order valence-electron chi connectivity index (χ4n) is 1.88. The summed E-state index contributed by atoms with van der Waals surface area (Å²) in [7, 11) is 0. The third-order valence-electron chi connectivity index (χ3n) is 3.08. The fraction of sp³-hybridized carbons (Fsp3) is 0.235. The molecule has 0 spiro atoms. The number of aromatic nitrogens is 1. The molecule has 1 aromatic heterocycles. The molecule has 1 N–H and O–H groups in total. The van der Waals surface area contributed by atoms with Gasteiger partial charge in [0.1, 0.15) is 5.69 Å². The van der Waals surface area contributed by atoms with Crippen molar-refractivity contribution in [1.29, 1.82) is 0 Å². The molecule has 0 radical (unpaired) electrons. The standard InChI is InChI=1S/C17H18N2O3/c1-13(22-17(21)15-9-5-6-11-18-15)16(20)19-12-10-14-7-3-2-4-8-14/h2-9,11,13H,10,12H2,1H3,(H,19,20). The van der Waals surface area contributed by atoms with Gasteiger partial charge in [-0.25, -0.2) is 9.78 Å². The molecule has 0 aliphatic heterocycles. The lowest BCUT2D eigenvalue weighted by Gasteiger charge is -2.13. The lowest BCUT2D eigenvalue weighted by Crippen LogP contribution is -2.37. The van der Waals surface area contributed by atoms with Crippen LogP contribution in [0.1, 0.15) is 23.0 Å². The number of hydrogen-bond acceptors (Lipinski definition) is 4. The first-order chi connectivity index (χ1) is 10.7. The molecule has 0 aliphatic rings. The summed E-state index contributed by atoms with van der Waals surface area (Å²) >= 11 is 0. The zero-order chi connectivity index (χ0) is 15.8. The highest BCUT2D eigenvalue weighted by molar-refractivity contribution is 5.90. The molecule has 22 heavy (non-hydrogen) atoms. The lowest BCUT2D eigenvalue weighted by atomic mass is 10.1. The van der Waals surface area contributed by atoms with Crippen molar-refractivity contribution in [3.05, 3.63) is 66.0 Å². The van der Waals surface area contributed by atoms with Gasteiger partial charge in [0, 0.05) is 12.7 Å². The topological polar surface area (TPSA) is 68.3 Å². The van der Waals surface area contributed by atoms with E-state index in [0.717, 1.165) is 12.0 Å². The van der Waals surface area contributed by atoms with Gasteiger partial charge in [-0.2, -0.15) is 0 Å². The van der Waals surface area contributed by atoms with Gasteiger partial charge in [-0.05, 0) is 31.0 Å². The minimum atomic E-state index is -0.856. The van der Waals surface area contributed by atoms with Crippen LogP contribution in [-0.4, -0.2) is 29.5 Å². The average Bonchev–Trinajstić information content (AvgIpc) is 2.56. The van der Waals surface area contributed by atoms with E-state index in [2.05, 4.69) is 10.3 Å². The molecule has 5 heteroatoms. The smallest absolute Gasteiger partial charge is 0.357 e. The van der Waals surface area contributed by atoms with Crippen molar-refractivity contribution in [2.24, 2.45) is 0 Å². The Morgan fingerprint density at radius 2 is 1.86 bits per heavy atom. The van der Waals surface area contributed by atoms with Crippen LogP contribution in [0.5, 0.6) is 0 Å². The van der Waals surface area contributed by atoms with Crippen LogP contribution in [0.2, 0.25) is 0 Å². The molecule has 114 valence electrons.